The molecule has 5 heteroatoms. The van der Waals surface area contributed by atoms with Crippen LogP contribution in [0.1, 0.15) is 5.56 Å². The summed E-state index contributed by atoms with van der Waals surface area (Å²) in [6.07, 6.45) is 0.649. The maximum absolute atomic E-state index is 10.9. The molecule has 0 heterocycles. The Kier molecular flexibility index (Phi) is 4.41. The van der Waals surface area contributed by atoms with Crippen LogP contribution in [0, 0.1) is 10.1 Å². The van der Waals surface area contributed by atoms with Gasteiger partial charge in [-0.05, 0) is 18.6 Å². The number of hydrogen-bond donors (Lipinski definition) is 1. The van der Waals surface area contributed by atoms with E-state index in [2.05, 4.69) is 0 Å². The second kappa shape index (κ2) is 6.24. The zero-order valence-corrected chi connectivity index (χ0v) is 11.1. The summed E-state index contributed by atoms with van der Waals surface area (Å²) < 4.78 is 0. The molecule has 0 aliphatic heterocycles. The molecule has 0 atom stereocenters. The molecule has 2 rings (SSSR count). The fourth-order valence-electron chi connectivity index (χ4n) is 1.78. The minimum Gasteiger partial charge on any atom is -0.398 e. The van der Waals surface area contributed by atoms with Gasteiger partial charge in [-0.2, -0.15) is 0 Å². The van der Waals surface area contributed by atoms with Gasteiger partial charge in [0, 0.05) is 28.0 Å². The molecule has 0 saturated heterocycles. The summed E-state index contributed by atoms with van der Waals surface area (Å²) in [5, 5.41) is 10.9. The van der Waals surface area contributed by atoms with Crippen molar-refractivity contribution in [3.8, 4) is 0 Å². The predicted molar refractivity (Wildman–Crippen MR) is 78.4 cm³/mol. The third-order valence-electron chi connectivity index (χ3n) is 2.74. The Labute approximate surface area is 115 Å². The Morgan fingerprint density at radius 2 is 1.79 bits per heavy atom. The lowest BCUT2D eigenvalue weighted by molar-refractivity contribution is -0.385. The molecule has 0 radical (unpaired) electrons. The van der Waals surface area contributed by atoms with Crippen LogP contribution >= 0.6 is 11.8 Å². The Bertz CT molecular complexity index is 587. The number of para-hydroxylation sites is 2. The second-order valence-corrected chi connectivity index (χ2v) is 5.16. The molecule has 0 spiro atoms. The van der Waals surface area contributed by atoms with Gasteiger partial charge < -0.3 is 5.73 Å². The molecule has 0 saturated carbocycles. The molecule has 0 bridgehead atoms. The molecule has 0 aliphatic carbocycles. The molecule has 0 aromatic heterocycles. The van der Waals surface area contributed by atoms with Crippen LogP contribution in [0.3, 0.4) is 0 Å². The molecule has 2 aromatic rings. The molecule has 98 valence electrons. The second-order valence-electron chi connectivity index (χ2n) is 4.02. The molecule has 2 aromatic carbocycles. The fraction of sp³-hybridized carbons (Fsp3) is 0.143. The topological polar surface area (TPSA) is 69.2 Å². The van der Waals surface area contributed by atoms with Crippen LogP contribution in [0.4, 0.5) is 11.4 Å². The summed E-state index contributed by atoms with van der Waals surface area (Å²) in [4.78, 5) is 11.6. The average Bonchev–Trinajstić information content (AvgIpc) is 2.41. The molecule has 0 amide bonds. The number of nitro benzene ring substituents is 1. The lowest BCUT2D eigenvalue weighted by Crippen LogP contribution is -1.97. The standard InChI is InChI=1S/C14H14N2O2S/c15-12-6-2-4-8-14(12)19-10-9-11-5-1-3-7-13(11)16(17)18/h1-8H,9-10,15H2. The maximum atomic E-state index is 10.9. The normalized spacial score (nSPS) is 10.3. The first-order chi connectivity index (χ1) is 9.18. The predicted octanol–water partition coefficient (Wildman–Crippen LogP) is 3.51. The molecule has 19 heavy (non-hydrogen) atoms. The lowest BCUT2D eigenvalue weighted by atomic mass is 10.1. The zero-order valence-electron chi connectivity index (χ0n) is 10.3. The maximum Gasteiger partial charge on any atom is 0.272 e. The van der Waals surface area contributed by atoms with Gasteiger partial charge in [0.1, 0.15) is 0 Å². The van der Waals surface area contributed by atoms with E-state index in [9.17, 15) is 10.1 Å². The van der Waals surface area contributed by atoms with Gasteiger partial charge in [-0.25, -0.2) is 0 Å². The van der Waals surface area contributed by atoms with E-state index in [1.54, 1.807) is 23.9 Å². The number of nitro groups is 1. The number of nitrogens with two attached hydrogens (primary N) is 1. The number of anilines is 1. The van der Waals surface area contributed by atoms with Crippen molar-refractivity contribution in [1.29, 1.82) is 0 Å². The minimum atomic E-state index is -0.336. The molecule has 2 N–H and O–H groups in total. The van der Waals surface area contributed by atoms with Gasteiger partial charge >= 0.3 is 0 Å². The Balaban J connectivity index is 2.00. The van der Waals surface area contributed by atoms with Crippen molar-refractivity contribution in [3.05, 3.63) is 64.2 Å². The van der Waals surface area contributed by atoms with Crippen molar-refractivity contribution in [2.75, 3.05) is 11.5 Å². The summed E-state index contributed by atoms with van der Waals surface area (Å²) in [5.74, 6) is 0.763. The van der Waals surface area contributed by atoms with E-state index in [4.69, 9.17) is 5.73 Å². The average molecular weight is 274 g/mol. The highest BCUT2D eigenvalue weighted by molar-refractivity contribution is 7.99. The van der Waals surface area contributed by atoms with E-state index in [-0.39, 0.29) is 10.6 Å². The number of thioether (sulfide) groups is 1. The van der Waals surface area contributed by atoms with Gasteiger partial charge in [0.2, 0.25) is 0 Å². The van der Waals surface area contributed by atoms with Gasteiger partial charge in [-0.1, -0.05) is 30.3 Å². The highest BCUT2D eigenvalue weighted by Crippen LogP contribution is 2.26. The summed E-state index contributed by atoms with van der Waals surface area (Å²) in [5.41, 5.74) is 7.54. The number of nitrogen functional groups attached to an aromatic ring is 1. The summed E-state index contributed by atoms with van der Waals surface area (Å²) in [6, 6.07) is 14.5. The number of benzene rings is 2. The van der Waals surface area contributed by atoms with E-state index in [1.165, 1.54) is 6.07 Å². The third kappa shape index (κ3) is 3.48. The fourth-order valence-corrected chi connectivity index (χ4v) is 2.73. The van der Waals surface area contributed by atoms with E-state index in [1.807, 2.05) is 30.3 Å². The highest BCUT2D eigenvalue weighted by Gasteiger charge is 2.11. The number of hydrogen-bond acceptors (Lipinski definition) is 4. The van der Waals surface area contributed by atoms with Gasteiger partial charge in [0.05, 0.1) is 4.92 Å². The van der Waals surface area contributed by atoms with E-state index >= 15 is 0 Å². The van der Waals surface area contributed by atoms with Crippen LogP contribution in [-0.2, 0) is 6.42 Å². The van der Waals surface area contributed by atoms with Gasteiger partial charge in [-0.3, -0.25) is 10.1 Å². The molecule has 0 aliphatic rings. The third-order valence-corrected chi connectivity index (χ3v) is 3.83. The van der Waals surface area contributed by atoms with Crippen molar-refractivity contribution >= 4 is 23.1 Å². The molecular weight excluding hydrogens is 260 g/mol. The number of rotatable bonds is 5. The minimum absolute atomic E-state index is 0.184. The van der Waals surface area contributed by atoms with E-state index in [0.717, 1.165) is 21.9 Å². The van der Waals surface area contributed by atoms with Crippen LogP contribution in [0.5, 0.6) is 0 Å². The van der Waals surface area contributed by atoms with Crippen LogP contribution in [0.15, 0.2) is 53.4 Å². The van der Waals surface area contributed by atoms with Gasteiger partial charge in [-0.15, -0.1) is 11.8 Å². The van der Waals surface area contributed by atoms with Crippen LogP contribution in [0.25, 0.3) is 0 Å². The summed E-state index contributed by atoms with van der Waals surface area (Å²) in [7, 11) is 0. The quantitative estimate of drug-likeness (QED) is 0.392. The zero-order chi connectivity index (χ0) is 13.7. The lowest BCUT2D eigenvalue weighted by Gasteiger charge is -2.05. The molecule has 0 fully saturated rings. The van der Waals surface area contributed by atoms with Crippen molar-refractivity contribution in [2.24, 2.45) is 0 Å². The smallest absolute Gasteiger partial charge is 0.272 e. The molecular formula is C14H14N2O2S. The van der Waals surface area contributed by atoms with Crippen LogP contribution in [-0.4, -0.2) is 10.7 Å². The van der Waals surface area contributed by atoms with E-state index in [0.29, 0.717) is 6.42 Å². The SMILES string of the molecule is Nc1ccccc1SCCc1ccccc1[N+](=O)[O-]. The van der Waals surface area contributed by atoms with Crippen molar-refractivity contribution in [1.82, 2.24) is 0 Å². The number of nitrogens with zero attached hydrogens (tertiary/aromatic N) is 1. The molecule has 4 nitrogen and oxygen atoms in total. The van der Waals surface area contributed by atoms with Crippen LogP contribution < -0.4 is 5.73 Å². The molecule has 0 unspecified atom stereocenters. The summed E-state index contributed by atoms with van der Waals surface area (Å²) in [6.45, 7) is 0. The van der Waals surface area contributed by atoms with Gasteiger partial charge in [0.25, 0.3) is 5.69 Å². The first kappa shape index (κ1) is 13.4. The highest BCUT2D eigenvalue weighted by atomic mass is 32.2. The van der Waals surface area contributed by atoms with Crippen molar-refractivity contribution in [3.63, 3.8) is 0 Å². The van der Waals surface area contributed by atoms with Gasteiger partial charge in [0.15, 0.2) is 0 Å². The van der Waals surface area contributed by atoms with Crippen LogP contribution in [0.2, 0.25) is 0 Å². The summed E-state index contributed by atoms with van der Waals surface area (Å²) >= 11 is 1.61. The van der Waals surface area contributed by atoms with Crippen molar-refractivity contribution < 1.29 is 4.92 Å². The monoisotopic (exact) mass is 274 g/mol. The Morgan fingerprint density at radius 1 is 1.11 bits per heavy atom. The van der Waals surface area contributed by atoms with Crippen molar-refractivity contribution in [2.45, 2.75) is 11.3 Å². The first-order valence-corrected chi connectivity index (χ1v) is 6.86. The first-order valence-electron chi connectivity index (χ1n) is 5.88. The number of aryl methyl sites for hydroxylation is 1. The Hall–Kier alpha value is -2.01. The largest absolute Gasteiger partial charge is 0.398 e. The Morgan fingerprint density at radius 3 is 2.53 bits per heavy atom. The van der Waals surface area contributed by atoms with E-state index < -0.39 is 0 Å².